The molecule has 3 rings (SSSR count). The lowest BCUT2D eigenvalue weighted by Crippen LogP contribution is -2.43. The number of piperidine rings is 1. The van der Waals surface area contributed by atoms with Crippen molar-refractivity contribution in [3.05, 3.63) is 51.8 Å². The maximum Gasteiger partial charge on any atom is 0.322 e. The fraction of sp³-hybridized carbons (Fsp3) is 0.474. The van der Waals surface area contributed by atoms with E-state index in [1.54, 1.807) is 18.1 Å². The smallest absolute Gasteiger partial charge is 0.322 e. The Balaban J connectivity index is 1.87. The quantitative estimate of drug-likeness (QED) is 0.906. The first-order chi connectivity index (χ1) is 11.9. The SMILES string of the molecule is Cc1ccc([C@@H]2C[C@@H](C)CCN2C(=O)Nc2c(C)ccn(C)c2=O)o1. The molecule has 1 fully saturated rings. The van der Waals surface area contributed by atoms with Gasteiger partial charge in [0.15, 0.2) is 0 Å². The molecule has 25 heavy (non-hydrogen) atoms. The first-order valence-electron chi connectivity index (χ1n) is 8.67. The summed E-state index contributed by atoms with van der Waals surface area (Å²) in [6.45, 7) is 6.55. The molecule has 1 aliphatic heterocycles. The molecule has 0 spiro atoms. The normalized spacial score (nSPS) is 20.6. The number of amides is 2. The highest BCUT2D eigenvalue weighted by atomic mass is 16.3. The standard InChI is InChI=1S/C19H25N3O3/c1-12-7-10-22(15(11-12)16-6-5-14(3)25-16)19(24)20-17-13(2)8-9-21(4)18(17)23/h5-6,8-9,12,15H,7,10-11H2,1-4H3,(H,20,24)/t12-,15-/m0/s1. The minimum atomic E-state index is -0.252. The van der Waals surface area contributed by atoms with Gasteiger partial charge in [0.25, 0.3) is 5.56 Å². The minimum Gasteiger partial charge on any atom is -0.464 e. The van der Waals surface area contributed by atoms with Gasteiger partial charge in [0.05, 0.1) is 6.04 Å². The average Bonchev–Trinajstić information content (AvgIpc) is 3.01. The van der Waals surface area contributed by atoms with Crippen LogP contribution in [0.1, 0.15) is 42.9 Å². The maximum atomic E-state index is 12.9. The van der Waals surface area contributed by atoms with Crippen LogP contribution in [-0.2, 0) is 7.05 Å². The number of nitrogens with one attached hydrogen (secondary N) is 1. The predicted octanol–water partition coefficient (Wildman–Crippen LogP) is 3.60. The predicted molar refractivity (Wildman–Crippen MR) is 96.7 cm³/mol. The second-order valence-corrected chi connectivity index (χ2v) is 7.01. The number of hydrogen-bond acceptors (Lipinski definition) is 3. The molecular weight excluding hydrogens is 318 g/mol. The van der Waals surface area contributed by atoms with E-state index >= 15 is 0 Å². The topological polar surface area (TPSA) is 67.5 Å². The van der Waals surface area contributed by atoms with Crippen molar-refractivity contribution in [3.63, 3.8) is 0 Å². The highest BCUT2D eigenvalue weighted by Gasteiger charge is 2.33. The van der Waals surface area contributed by atoms with Crippen molar-refractivity contribution < 1.29 is 9.21 Å². The van der Waals surface area contributed by atoms with E-state index in [4.69, 9.17) is 4.42 Å². The van der Waals surface area contributed by atoms with Gasteiger partial charge < -0.3 is 19.2 Å². The number of anilines is 1. The van der Waals surface area contributed by atoms with E-state index < -0.39 is 0 Å². The van der Waals surface area contributed by atoms with Crippen LogP contribution in [0.3, 0.4) is 0 Å². The summed E-state index contributed by atoms with van der Waals surface area (Å²) in [7, 11) is 1.68. The highest BCUT2D eigenvalue weighted by molar-refractivity contribution is 5.90. The van der Waals surface area contributed by atoms with Crippen molar-refractivity contribution in [2.24, 2.45) is 13.0 Å². The molecule has 2 aromatic rings. The van der Waals surface area contributed by atoms with Gasteiger partial charge in [-0.05, 0) is 56.4 Å². The van der Waals surface area contributed by atoms with Gasteiger partial charge in [0, 0.05) is 19.8 Å². The third-order valence-electron chi connectivity index (χ3n) is 4.92. The molecule has 6 nitrogen and oxygen atoms in total. The Kier molecular flexibility index (Phi) is 4.70. The third-order valence-corrected chi connectivity index (χ3v) is 4.92. The van der Waals surface area contributed by atoms with Crippen molar-refractivity contribution in [2.75, 3.05) is 11.9 Å². The van der Waals surface area contributed by atoms with Crippen LogP contribution in [0.5, 0.6) is 0 Å². The molecule has 1 aliphatic rings. The first-order valence-corrected chi connectivity index (χ1v) is 8.67. The van der Waals surface area contributed by atoms with Gasteiger partial charge in [-0.1, -0.05) is 6.92 Å². The second-order valence-electron chi connectivity index (χ2n) is 7.01. The Morgan fingerprint density at radius 1 is 1.28 bits per heavy atom. The van der Waals surface area contributed by atoms with Gasteiger partial charge in [0.1, 0.15) is 17.2 Å². The Bertz CT molecular complexity index is 837. The summed E-state index contributed by atoms with van der Waals surface area (Å²) in [5.41, 5.74) is 0.888. The zero-order valence-electron chi connectivity index (χ0n) is 15.2. The molecule has 2 atom stereocenters. The summed E-state index contributed by atoms with van der Waals surface area (Å²) in [6.07, 6.45) is 3.49. The fourth-order valence-electron chi connectivity index (χ4n) is 3.34. The molecule has 1 N–H and O–H groups in total. The van der Waals surface area contributed by atoms with Gasteiger partial charge in [0.2, 0.25) is 0 Å². The van der Waals surface area contributed by atoms with Crippen molar-refractivity contribution in [1.29, 1.82) is 0 Å². The van der Waals surface area contributed by atoms with Crippen molar-refractivity contribution >= 4 is 11.7 Å². The molecule has 0 saturated carbocycles. The molecule has 134 valence electrons. The lowest BCUT2D eigenvalue weighted by atomic mass is 9.91. The van der Waals surface area contributed by atoms with E-state index in [-0.39, 0.29) is 17.6 Å². The molecule has 0 aliphatic carbocycles. The van der Waals surface area contributed by atoms with E-state index in [1.165, 1.54) is 4.57 Å². The number of aryl methyl sites for hydroxylation is 3. The van der Waals surface area contributed by atoms with Crippen LogP contribution in [0.15, 0.2) is 33.6 Å². The summed E-state index contributed by atoms with van der Waals surface area (Å²) in [4.78, 5) is 27.0. The lowest BCUT2D eigenvalue weighted by Gasteiger charge is -2.37. The lowest BCUT2D eigenvalue weighted by molar-refractivity contribution is 0.128. The number of likely N-dealkylation sites (tertiary alicyclic amines) is 1. The number of pyridine rings is 1. The van der Waals surface area contributed by atoms with E-state index in [0.717, 1.165) is 29.9 Å². The molecule has 0 radical (unpaired) electrons. The number of carbonyl (C=O) groups excluding carboxylic acids is 1. The molecule has 2 amide bonds. The molecule has 3 heterocycles. The zero-order valence-corrected chi connectivity index (χ0v) is 15.2. The Labute approximate surface area is 147 Å². The van der Waals surface area contributed by atoms with Gasteiger partial charge in [-0.15, -0.1) is 0 Å². The average molecular weight is 343 g/mol. The molecule has 0 aromatic carbocycles. The van der Waals surface area contributed by atoms with Gasteiger partial charge in [-0.25, -0.2) is 4.79 Å². The second kappa shape index (κ2) is 6.78. The number of aromatic nitrogens is 1. The molecule has 0 bridgehead atoms. The summed E-state index contributed by atoms with van der Waals surface area (Å²) in [6, 6.07) is 5.32. The first kappa shape index (κ1) is 17.3. The molecule has 6 heteroatoms. The largest absolute Gasteiger partial charge is 0.464 e. The van der Waals surface area contributed by atoms with E-state index in [2.05, 4.69) is 12.2 Å². The highest BCUT2D eigenvalue weighted by Crippen LogP contribution is 2.35. The third kappa shape index (κ3) is 3.48. The summed E-state index contributed by atoms with van der Waals surface area (Å²) in [5.74, 6) is 2.16. The minimum absolute atomic E-state index is 0.106. The summed E-state index contributed by atoms with van der Waals surface area (Å²) < 4.78 is 7.25. The van der Waals surface area contributed by atoms with Crippen LogP contribution in [-0.4, -0.2) is 22.0 Å². The number of nitrogens with zero attached hydrogens (tertiary/aromatic N) is 2. The number of urea groups is 1. The Hall–Kier alpha value is -2.50. The van der Waals surface area contributed by atoms with Crippen molar-refractivity contribution in [2.45, 2.75) is 39.7 Å². The van der Waals surface area contributed by atoms with E-state index in [9.17, 15) is 9.59 Å². The molecular formula is C19H25N3O3. The number of carbonyl (C=O) groups is 1. The Morgan fingerprint density at radius 2 is 2.04 bits per heavy atom. The van der Waals surface area contributed by atoms with E-state index in [0.29, 0.717) is 18.2 Å². The number of rotatable bonds is 2. The van der Waals surface area contributed by atoms with Crippen LogP contribution in [0.25, 0.3) is 0 Å². The summed E-state index contributed by atoms with van der Waals surface area (Å²) >= 11 is 0. The fourth-order valence-corrected chi connectivity index (χ4v) is 3.34. The van der Waals surface area contributed by atoms with Crippen molar-refractivity contribution in [3.8, 4) is 0 Å². The van der Waals surface area contributed by atoms with Gasteiger partial charge in [-0.3, -0.25) is 4.79 Å². The van der Waals surface area contributed by atoms with Gasteiger partial charge in [-0.2, -0.15) is 0 Å². The van der Waals surface area contributed by atoms with Crippen LogP contribution in [0, 0.1) is 19.8 Å². The Morgan fingerprint density at radius 3 is 2.72 bits per heavy atom. The monoisotopic (exact) mass is 343 g/mol. The number of hydrogen-bond donors (Lipinski definition) is 1. The maximum absolute atomic E-state index is 12.9. The number of furan rings is 1. The van der Waals surface area contributed by atoms with Crippen LogP contribution >= 0.6 is 0 Å². The van der Waals surface area contributed by atoms with Gasteiger partial charge >= 0.3 is 6.03 Å². The zero-order chi connectivity index (χ0) is 18.1. The molecule has 2 aromatic heterocycles. The van der Waals surface area contributed by atoms with Crippen molar-refractivity contribution in [1.82, 2.24) is 9.47 Å². The molecule has 1 saturated heterocycles. The molecule has 0 unspecified atom stereocenters. The van der Waals surface area contributed by atoms with Crippen LogP contribution in [0.4, 0.5) is 10.5 Å². The van der Waals surface area contributed by atoms with Crippen LogP contribution in [0.2, 0.25) is 0 Å². The van der Waals surface area contributed by atoms with E-state index in [1.807, 2.05) is 32.0 Å². The van der Waals surface area contributed by atoms with Crippen LogP contribution < -0.4 is 10.9 Å². The summed E-state index contributed by atoms with van der Waals surface area (Å²) in [5, 5.41) is 2.82.